The van der Waals surface area contributed by atoms with Gasteiger partial charge in [-0.15, -0.1) is 0 Å². The zero-order valence-electron chi connectivity index (χ0n) is 7.53. The van der Waals surface area contributed by atoms with Crippen LogP contribution in [0.2, 0.25) is 0 Å². The fourth-order valence-corrected chi connectivity index (χ4v) is 2.14. The number of para-hydroxylation sites is 1. The van der Waals surface area contributed by atoms with Crippen molar-refractivity contribution < 1.29 is 9.84 Å². The molecule has 1 aromatic rings. The van der Waals surface area contributed by atoms with Gasteiger partial charge in [0, 0.05) is 7.11 Å². The quantitative estimate of drug-likeness (QED) is 0.810. The van der Waals surface area contributed by atoms with Crippen molar-refractivity contribution >= 4 is 15.7 Å². The Morgan fingerprint density at radius 2 is 1.92 bits per heavy atom. The molecule has 0 spiro atoms. The van der Waals surface area contributed by atoms with Gasteiger partial charge in [0.2, 0.25) is 10.0 Å². The molecule has 74 valence electrons. The summed E-state index contributed by atoms with van der Waals surface area (Å²) in [5.41, 5.74) is 0.621. The van der Waals surface area contributed by atoms with Crippen LogP contribution in [-0.4, -0.2) is 14.2 Å². The molecule has 0 aromatic heterocycles. The maximum Gasteiger partial charge on any atom is 0.232 e. The van der Waals surface area contributed by atoms with Gasteiger partial charge < -0.3 is 0 Å². The summed E-state index contributed by atoms with van der Waals surface area (Å²) in [7, 11) is -3.13. The number of hydrogen-bond acceptors (Lipinski definition) is 2. The first-order chi connectivity index (χ1) is 6.14. The summed E-state index contributed by atoms with van der Waals surface area (Å²) < 4.78 is 25.1. The molecule has 0 saturated heterocycles. The molecule has 0 aliphatic heterocycles. The van der Waals surface area contributed by atoms with E-state index in [4.69, 9.17) is 0 Å². The molecule has 4 heteroatoms. The summed E-state index contributed by atoms with van der Waals surface area (Å²) in [6.45, 7) is 1.84. The Kier molecular flexibility index (Phi) is 3.31. The lowest BCUT2D eigenvalue weighted by molar-refractivity contribution is 0.600. The van der Waals surface area contributed by atoms with E-state index in [1.165, 1.54) is 0 Å². The summed E-state index contributed by atoms with van der Waals surface area (Å²) >= 11 is 0. The van der Waals surface area contributed by atoms with Gasteiger partial charge in [-0.25, -0.2) is 8.42 Å². The number of anilines is 1. The van der Waals surface area contributed by atoms with Crippen molar-refractivity contribution in [2.24, 2.45) is 0 Å². The van der Waals surface area contributed by atoms with Crippen LogP contribution < -0.4 is 4.72 Å². The largest absolute Gasteiger partial charge is 0.284 e. The van der Waals surface area contributed by atoms with Crippen molar-refractivity contribution in [3.05, 3.63) is 30.3 Å². The second kappa shape index (κ2) is 4.28. The Balaban J connectivity index is 0.00000169. The van der Waals surface area contributed by atoms with E-state index in [0.717, 1.165) is 0 Å². The summed E-state index contributed by atoms with van der Waals surface area (Å²) in [6, 6.07) is 8.89. The molecule has 0 unspecified atom stereocenters. The van der Waals surface area contributed by atoms with E-state index >= 15 is 0 Å². The molecule has 0 amide bonds. The van der Waals surface area contributed by atoms with Crippen LogP contribution >= 0.6 is 0 Å². The number of rotatable bonds is 4. The van der Waals surface area contributed by atoms with Crippen LogP contribution in [0.4, 0.5) is 5.69 Å². The first kappa shape index (κ1) is 10.1. The van der Waals surface area contributed by atoms with Crippen LogP contribution in [0.5, 0.6) is 0 Å². The Morgan fingerprint density at radius 1 is 1.31 bits per heavy atom. The van der Waals surface area contributed by atoms with Crippen LogP contribution in [-0.2, 0) is 10.0 Å². The van der Waals surface area contributed by atoms with E-state index in [1.54, 1.807) is 24.3 Å². The van der Waals surface area contributed by atoms with Gasteiger partial charge in [-0.2, -0.15) is 0 Å². The highest BCUT2D eigenvalue weighted by molar-refractivity contribution is 7.92. The molecule has 0 saturated carbocycles. The van der Waals surface area contributed by atoms with E-state index in [0.29, 0.717) is 12.1 Å². The molecule has 1 aromatic carbocycles. The third kappa shape index (κ3) is 3.46. The maximum absolute atomic E-state index is 11.3. The Morgan fingerprint density at radius 3 is 2.46 bits per heavy atom. The average molecular weight is 201 g/mol. The molecule has 1 N–H and O–H groups in total. The smallest absolute Gasteiger partial charge is 0.232 e. The molecule has 13 heavy (non-hydrogen) atoms. The van der Waals surface area contributed by atoms with Gasteiger partial charge in [0.05, 0.1) is 5.75 Å². The number of nitrogens with one attached hydrogen (secondary N) is 1. The summed E-state index contributed by atoms with van der Waals surface area (Å²) in [5, 5.41) is 0. The Hall–Kier alpha value is -1.03. The molecule has 0 heterocycles. The second-order valence-electron chi connectivity index (χ2n) is 2.79. The SMILES string of the molecule is CCCS(=O)(=O)Nc1ccccc1.[HH]. The lowest BCUT2D eigenvalue weighted by Crippen LogP contribution is -2.15. The summed E-state index contributed by atoms with van der Waals surface area (Å²) in [6.07, 6.45) is 0.627. The third-order valence-corrected chi connectivity index (χ3v) is 3.01. The Labute approximate surface area is 80.3 Å². The minimum atomic E-state index is -3.13. The monoisotopic (exact) mass is 201 g/mol. The first-order valence-corrected chi connectivity index (χ1v) is 5.85. The highest BCUT2D eigenvalue weighted by atomic mass is 32.2. The predicted octanol–water partition coefficient (Wildman–Crippen LogP) is 2.08. The highest BCUT2D eigenvalue weighted by Crippen LogP contribution is 2.07. The van der Waals surface area contributed by atoms with Gasteiger partial charge in [0.15, 0.2) is 0 Å². The van der Waals surface area contributed by atoms with Crippen molar-refractivity contribution in [1.82, 2.24) is 0 Å². The van der Waals surface area contributed by atoms with Gasteiger partial charge in [-0.05, 0) is 18.6 Å². The number of benzene rings is 1. The van der Waals surface area contributed by atoms with Crippen LogP contribution in [0.3, 0.4) is 0 Å². The molecule has 0 fully saturated rings. The fraction of sp³-hybridized carbons (Fsp3) is 0.333. The zero-order chi connectivity index (χ0) is 9.73. The van der Waals surface area contributed by atoms with E-state index < -0.39 is 10.0 Å². The third-order valence-electron chi connectivity index (χ3n) is 1.52. The minimum Gasteiger partial charge on any atom is -0.284 e. The van der Waals surface area contributed by atoms with E-state index in [-0.39, 0.29) is 7.18 Å². The number of hydrogen-bond donors (Lipinski definition) is 1. The van der Waals surface area contributed by atoms with Crippen LogP contribution in [0, 0.1) is 0 Å². The highest BCUT2D eigenvalue weighted by Gasteiger charge is 2.07. The predicted molar refractivity (Wildman–Crippen MR) is 56.3 cm³/mol. The van der Waals surface area contributed by atoms with Crippen molar-refractivity contribution in [3.63, 3.8) is 0 Å². The maximum atomic E-state index is 11.3. The van der Waals surface area contributed by atoms with E-state index in [9.17, 15) is 8.42 Å². The lowest BCUT2D eigenvalue weighted by atomic mass is 10.3. The van der Waals surface area contributed by atoms with Crippen LogP contribution in [0.25, 0.3) is 0 Å². The molecular formula is C9H15NO2S. The first-order valence-electron chi connectivity index (χ1n) is 4.19. The molecule has 0 aliphatic rings. The van der Waals surface area contributed by atoms with Gasteiger partial charge in [-0.3, -0.25) is 4.72 Å². The average Bonchev–Trinajstić information content (AvgIpc) is 2.04. The molecule has 3 nitrogen and oxygen atoms in total. The normalized spacial score (nSPS) is 11.2. The Bertz CT molecular complexity index is 350. The van der Waals surface area contributed by atoms with Gasteiger partial charge >= 0.3 is 0 Å². The molecule has 0 atom stereocenters. The summed E-state index contributed by atoms with van der Waals surface area (Å²) in [4.78, 5) is 0. The van der Waals surface area contributed by atoms with E-state index in [1.807, 2.05) is 13.0 Å². The number of sulfonamides is 1. The standard InChI is InChI=1S/C9H13NO2S.H2/c1-2-8-13(11,12)10-9-6-4-3-5-7-9;/h3-7,10H,2,8H2,1H3;1H. The van der Waals surface area contributed by atoms with Crippen molar-refractivity contribution in [3.8, 4) is 0 Å². The second-order valence-corrected chi connectivity index (χ2v) is 4.63. The van der Waals surface area contributed by atoms with Gasteiger partial charge in [-0.1, -0.05) is 25.1 Å². The molecule has 0 aliphatic carbocycles. The van der Waals surface area contributed by atoms with Gasteiger partial charge in [0.1, 0.15) is 0 Å². The minimum absolute atomic E-state index is 0. The zero-order valence-corrected chi connectivity index (χ0v) is 8.34. The summed E-state index contributed by atoms with van der Waals surface area (Å²) in [5.74, 6) is 0.169. The van der Waals surface area contributed by atoms with Crippen molar-refractivity contribution in [2.75, 3.05) is 10.5 Å². The molecule has 0 radical (unpaired) electrons. The van der Waals surface area contributed by atoms with Gasteiger partial charge in [0.25, 0.3) is 0 Å². The topological polar surface area (TPSA) is 46.2 Å². The lowest BCUT2D eigenvalue weighted by Gasteiger charge is -2.05. The van der Waals surface area contributed by atoms with Crippen molar-refractivity contribution in [1.29, 1.82) is 0 Å². The molecular weight excluding hydrogens is 186 g/mol. The molecule has 1 rings (SSSR count). The fourth-order valence-electron chi connectivity index (χ4n) is 1.01. The van der Waals surface area contributed by atoms with Crippen LogP contribution in [0.15, 0.2) is 30.3 Å². The van der Waals surface area contributed by atoms with E-state index in [2.05, 4.69) is 4.72 Å². The van der Waals surface area contributed by atoms with Crippen LogP contribution in [0.1, 0.15) is 14.8 Å². The van der Waals surface area contributed by atoms with Crippen molar-refractivity contribution in [2.45, 2.75) is 13.3 Å². The molecule has 0 bridgehead atoms.